The van der Waals surface area contributed by atoms with Crippen LogP contribution in [-0.4, -0.2) is 25.2 Å². The summed E-state index contributed by atoms with van der Waals surface area (Å²) in [6, 6.07) is 4.15. The van der Waals surface area contributed by atoms with Crippen LogP contribution in [0.4, 0.5) is 13.2 Å². The first kappa shape index (κ1) is 17.9. The van der Waals surface area contributed by atoms with E-state index in [0.29, 0.717) is 21.9 Å². The van der Waals surface area contributed by atoms with E-state index in [1.807, 2.05) is 0 Å². The summed E-state index contributed by atoms with van der Waals surface area (Å²) in [5.74, 6) is -0.801. The van der Waals surface area contributed by atoms with Gasteiger partial charge in [-0.15, -0.1) is 12.6 Å². The van der Waals surface area contributed by atoms with Gasteiger partial charge in [0.2, 0.25) is 0 Å². The van der Waals surface area contributed by atoms with Gasteiger partial charge < -0.3 is 10.1 Å². The minimum Gasteiger partial charge on any atom is -0.496 e. The van der Waals surface area contributed by atoms with Crippen LogP contribution in [0.15, 0.2) is 46.9 Å². The first-order valence-corrected chi connectivity index (χ1v) is 8.10. The number of hydrogen-bond donors (Lipinski definition) is 2. The summed E-state index contributed by atoms with van der Waals surface area (Å²) in [6.45, 7) is 0. The van der Waals surface area contributed by atoms with Crippen molar-refractivity contribution in [2.24, 2.45) is 5.92 Å². The number of thiol groups is 1. The first-order chi connectivity index (χ1) is 11.7. The Morgan fingerprint density at radius 2 is 2.04 bits per heavy atom. The Morgan fingerprint density at radius 1 is 1.32 bits per heavy atom. The second-order valence-electron chi connectivity index (χ2n) is 5.61. The van der Waals surface area contributed by atoms with Crippen molar-refractivity contribution < 1.29 is 22.7 Å². The first-order valence-electron chi connectivity index (χ1n) is 7.27. The zero-order valence-corrected chi connectivity index (χ0v) is 14.5. The second kappa shape index (κ2) is 6.46. The van der Waals surface area contributed by atoms with Gasteiger partial charge in [-0.1, -0.05) is 29.8 Å². The number of amides is 1. The molecule has 132 valence electrons. The van der Waals surface area contributed by atoms with Gasteiger partial charge in [0.15, 0.2) is 0 Å². The fraction of sp³-hybridized carbons (Fsp3) is 0.235. The Labute approximate surface area is 152 Å². The summed E-state index contributed by atoms with van der Waals surface area (Å²) in [5, 5.41) is 3.02. The second-order valence-corrected chi connectivity index (χ2v) is 6.49. The molecule has 1 aromatic carbocycles. The molecule has 2 unspecified atom stereocenters. The molecule has 0 aromatic heterocycles. The molecule has 1 amide bonds. The lowest BCUT2D eigenvalue weighted by Crippen LogP contribution is -2.45. The van der Waals surface area contributed by atoms with E-state index in [1.54, 1.807) is 18.2 Å². The highest BCUT2D eigenvalue weighted by Crippen LogP contribution is 2.44. The Morgan fingerprint density at radius 3 is 2.68 bits per heavy atom. The third-order valence-electron chi connectivity index (χ3n) is 4.11. The molecule has 0 fully saturated rings. The Balaban J connectivity index is 2.20. The molecule has 1 N–H and O–H groups in total. The smallest absolute Gasteiger partial charge is 0.416 e. The van der Waals surface area contributed by atoms with E-state index in [4.69, 9.17) is 16.3 Å². The van der Waals surface area contributed by atoms with Crippen molar-refractivity contribution in [3.05, 3.63) is 57.5 Å². The van der Waals surface area contributed by atoms with Gasteiger partial charge in [0.05, 0.1) is 23.6 Å². The number of fused-ring (bicyclic) bond motifs is 1. The average Bonchev–Trinajstić information content (AvgIpc) is 2.55. The highest BCUT2D eigenvalue weighted by atomic mass is 35.5. The summed E-state index contributed by atoms with van der Waals surface area (Å²) in [5.41, 5.74) is 0.0185. The number of halogens is 4. The number of nitrogens with one attached hydrogen (secondary N) is 1. The van der Waals surface area contributed by atoms with Crippen LogP contribution in [0.3, 0.4) is 0 Å². The number of rotatable bonds is 2. The number of carbonyl (C=O) groups excluding carboxylic acids is 1. The van der Waals surface area contributed by atoms with Crippen LogP contribution in [0.1, 0.15) is 5.56 Å². The maximum absolute atomic E-state index is 13.1. The van der Waals surface area contributed by atoms with E-state index >= 15 is 0 Å². The molecule has 3 nitrogen and oxygen atoms in total. The zero-order valence-electron chi connectivity index (χ0n) is 12.9. The molecule has 0 bridgehead atoms. The number of ether oxygens (including phenoxy) is 1. The van der Waals surface area contributed by atoms with E-state index in [1.165, 1.54) is 13.2 Å². The van der Waals surface area contributed by atoms with E-state index < -0.39 is 29.6 Å². The number of alkyl halides is 3. The lowest BCUT2D eigenvalue weighted by atomic mass is 9.79. The molecule has 25 heavy (non-hydrogen) atoms. The highest BCUT2D eigenvalue weighted by Gasteiger charge is 2.40. The van der Waals surface area contributed by atoms with E-state index in [9.17, 15) is 18.0 Å². The monoisotopic (exact) mass is 387 g/mol. The standard InChI is InChI=1S/C17H13ClF3NO2S/c1-24-13-5-3-9(18)7-11(13)14-10-6-8(17(19,20)21)2-4-12(10)22-16(23)15(14)25/h2-7,10,12,25H,1H3,(H,22,23). The third kappa shape index (κ3) is 3.30. The van der Waals surface area contributed by atoms with E-state index in [2.05, 4.69) is 17.9 Å². The predicted octanol–water partition coefficient (Wildman–Crippen LogP) is 4.16. The van der Waals surface area contributed by atoms with Crippen molar-refractivity contribution in [2.45, 2.75) is 12.2 Å². The molecule has 3 rings (SSSR count). The average molecular weight is 388 g/mol. The van der Waals surface area contributed by atoms with Gasteiger partial charge in [-0.25, -0.2) is 0 Å². The van der Waals surface area contributed by atoms with Crippen LogP contribution in [0.2, 0.25) is 5.02 Å². The molecule has 1 aromatic rings. The van der Waals surface area contributed by atoms with Gasteiger partial charge in [0.1, 0.15) is 5.75 Å². The Hall–Kier alpha value is -1.86. The van der Waals surface area contributed by atoms with Crippen LogP contribution < -0.4 is 10.1 Å². The van der Waals surface area contributed by atoms with Crippen molar-refractivity contribution in [1.29, 1.82) is 0 Å². The summed E-state index contributed by atoms with van der Waals surface area (Å²) >= 11 is 10.3. The number of allylic oxidation sites excluding steroid dienone is 2. The maximum atomic E-state index is 13.1. The van der Waals surface area contributed by atoms with Crippen LogP contribution in [-0.2, 0) is 4.79 Å². The van der Waals surface area contributed by atoms with Gasteiger partial charge in [-0.2, -0.15) is 13.2 Å². The van der Waals surface area contributed by atoms with Crippen molar-refractivity contribution >= 4 is 35.7 Å². The topological polar surface area (TPSA) is 38.3 Å². The summed E-state index contributed by atoms with van der Waals surface area (Å²) in [6.07, 6.45) is -1.08. The van der Waals surface area contributed by atoms with Crippen molar-refractivity contribution in [3.63, 3.8) is 0 Å². The van der Waals surface area contributed by atoms with Crippen LogP contribution in [0.25, 0.3) is 5.57 Å². The van der Waals surface area contributed by atoms with Crippen LogP contribution >= 0.6 is 24.2 Å². The lowest BCUT2D eigenvalue weighted by molar-refractivity contribution is -0.117. The normalized spacial score (nSPS) is 23.1. The number of hydrogen-bond acceptors (Lipinski definition) is 3. The SMILES string of the molecule is COc1ccc(Cl)cc1C1=C(S)C(=O)NC2C=CC(C(F)(F)F)=CC12. The van der Waals surface area contributed by atoms with Gasteiger partial charge in [0, 0.05) is 16.5 Å². The van der Waals surface area contributed by atoms with Crippen LogP contribution in [0, 0.1) is 5.92 Å². The van der Waals surface area contributed by atoms with Crippen molar-refractivity contribution in [1.82, 2.24) is 5.32 Å². The van der Waals surface area contributed by atoms with Gasteiger partial charge >= 0.3 is 6.18 Å². The maximum Gasteiger partial charge on any atom is 0.416 e. The van der Waals surface area contributed by atoms with E-state index in [-0.39, 0.29) is 4.91 Å². The van der Waals surface area contributed by atoms with E-state index in [0.717, 1.165) is 12.2 Å². The van der Waals surface area contributed by atoms with Gasteiger partial charge in [-0.05, 0) is 23.8 Å². The molecule has 8 heteroatoms. The molecular formula is C17H13ClF3NO2S. The quantitative estimate of drug-likeness (QED) is 0.748. The number of benzene rings is 1. The van der Waals surface area contributed by atoms with Gasteiger partial charge in [0.25, 0.3) is 5.91 Å². The molecule has 0 spiro atoms. The minimum atomic E-state index is -4.48. The molecule has 0 radical (unpaired) electrons. The molecule has 1 aliphatic carbocycles. The molecular weight excluding hydrogens is 375 g/mol. The van der Waals surface area contributed by atoms with Crippen molar-refractivity contribution in [2.75, 3.05) is 7.11 Å². The molecule has 0 saturated carbocycles. The molecule has 0 saturated heterocycles. The van der Waals surface area contributed by atoms with Crippen molar-refractivity contribution in [3.8, 4) is 5.75 Å². The number of carbonyl (C=O) groups is 1. The summed E-state index contributed by atoms with van der Waals surface area (Å²) < 4.78 is 44.7. The molecule has 1 heterocycles. The van der Waals surface area contributed by atoms with Crippen LogP contribution in [0.5, 0.6) is 5.75 Å². The predicted molar refractivity (Wildman–Crippen MR) is 92.6 cm³/mol. The Bertz CT molecular complexity index is 830. The third-order valence-corrected chi connectivity index (χ3v) is 4.79. The molecule has 2 aliphatic rings. The minimum absolute atomic E-state index is 0.0369. The fourth-order valence-electron chi connectivity index (χ4n) is 2.97. The summed E-state index contributed by atoms with van der Waals surface area (Å²) in [4.78, 5) is 12.2. The number of methoxy groups -OCH3 is 1. The summed E-state index contributed by atoms with van der Waals surface area (Å²) in [7, 11) is 1.43. The Kier molecular flexibility index (Phi) is 4.64. The highest BCUT2D eigenvalue weighted by molar-refractivity contribution is 7.86. The zero-order chi connectivity index (χ0) is 18.4. The fourth-order valence-corrected chi connectivity index (χ4v) is 3.47. The molecule has 1 aliphatic heterocycles. The van der Waals surface area contributed by atoms with Gasteiger partial charge in [-0.3, -0.25) is 4.79 Å². The largest absolute Gasteiger partial charge is 0.496 e. The molecule has 2 atom stereocenters. The lowest BCUT2D eigenvalue weighted by Gasteiger charge is -2.35.